The average Bonchev–Trinajstić information content (AvgIpc) is 2.99. The first-order valence-electron chi connectivity index (χ1n) is 8.11. The van der Waals surface area contributed by atoms with Crippen LogP contribution in [0.4, 0.5) is 5.82 Å². The maximum absolute atomic E-state index is 12.7. The van der Waals surface area contributed by atoms with Gasteiger partial charge in [0.15, 0.2) is 5.82 Å². The van der Waals surface area contributed by atoms with Crippen LogP contribution in [-0.4, -0.2) is 25.8 Å². The molecular weight excluding hydrogens is 328 g/mol. The van der Waals surface area contributed by atoms with Crippen LogP contribution in [-0.2, 0) is 6.42 Å². The molecule has 0 amide bonds. The SMILES string of the molecule is Nc1nn(C(=O)Cc2cccc(O)c2)c2ccc(-c3ccncc3)cc12. The Morgan fingerprint density at radius 1 is 1.04 bits per heavy atom. The predicted octanol–water partition coefficient (Wildman–Crippen LogP) is 3.27. The standard InChI is InChI=1S/C20H16N4O2/c21-20-17-12-15(14-6-8-22-9-7-14)4-5-18(17)24(23-20)19(26)11-13-2-1-3-16(25)10-13/h1-10,12,25H,11H2,(H2,21,23). The normalized spacial score (nSPS) is 10.9. The van der Waals surface area contributed by atoms with Crippen molar-refractivity contribution in [3.8, 4) is 16.9 Å². The van der Waals surface area contributed by atoms with E-state index in [2.05, 4.69) is 10.1 Å². The number of rotatable bonds is 3. The number of nitrogens with two attached hydrogens (primary N) is 1. The molecule has 0 fully saturated rings. The molecule has 6 nitrogen and oxygen atoms in total. The van der Waals surface area contributed by atoms with Gasteiger partial charge in [0, 0.05) is 17.8 Å². The highest BCUT2D eigenvalue weighted by atomic mass is 16.3. The molecule has 0 aliphatic heterocycles. The maximum atomic E-state index is 12.7. The number of benzene rings is 2. The Balaban J connectivity index is 1.71. The highest BCUT2D eigenvalue weighted by Gasteiger charge is 2.15. The third-order valence-corrected chi connectivity index (χ3v) is 4.22. The summed E-state index contributed by atoms with van der Waals surface area (Å²) in [4.78, 5) is 16.7. The molecule has 0 bridgehead atoms. The number of nitrogen functional groups attached to an aromatic ring is 1. The zero-order valence-electron chi connectivity index (χ0n) is 13.8. The summed E-state index contributed by atoms with van der Waals surface area (Å²) in [5.41, 5.74) is 9.41. The van der Waals surface area contributed by atoms with E-state index in [1.807, 2.05) is 30.3 Å². The molecule has 0 unspecified atom stereocenters. The van der Waals surface area contributed by atoms with Crippen molar-refractivity contribution in [1.82, 2.24) is 14.8 Å². The number of nitrogens with zero attached hydrogens (tertiary/aromatic N) is 3. The molecule has 0 saturated heterocycles. The van der Waals surface area contributed by atoms with E-state index in [4.69, 9.17) is 5.73 Å². The molecule has 0 saturated carbocycles. The third kappa shape index (κ3) is 2.88. The van der Waals surface area contributed by atoms with Crippen molar-refractivity contribution < 1.29 is 9.90 Å². The Labute approximate surface area is 149 Å². The number of anilines is 1. The first kappa shape index (κ1) is 15.8. The lowest BCUT2D eigenvalue weighted by molar-refractivity contribution is 0.0904. The summed E-state index contributed by atoms with van der Waals surface area (Å²) in [6.45, 7) is 0. The number of carbonyl (C=O) groups is 1. The van der Waals surface area contributed by atoms with Gasteiger partial charge >= 0.3 is 0 Å². The molecule has 128 valence electrons. The number of aromatic hydroxyl groups is 1. The number of fused-ring (bicyclic) bond motifs is 1. The van der Waals surface area contributed by atoms with Crippen molar-refractivity contribution in [3.05, 3.63) is 72.6 Å². The van der Waals surface area contributed by atoms with Gasteiger partial charge in [-0.15, -0.1) is 5.10 Å². The largest absolute Gasteiger partial charge is 0.508 e. The van der Waals surface area contributed by atoms with Crippen LogP contribution in [0.15, 0.2) is 67.0 Å². The quantitative estimate of drug-likeness (QED) is 0.595. The second-order valence-corrected chi connectivity index (χ2v) is 6.01. The minimum Gasteiger partial charge on any atom is -0.508 e. The van der Waals surface area contributed by atoms with Crippen LogP contribution in [0, 0.1) is 0 Å². The second-order valence-electron chi connectivity index (χ2n) is 6.01. The van der Waals surface area contributed by atoms with Crippen molar-refractivity contribution >= 4 is 22.6 Å². The molecule has 0 aliphatic rings. The Hall–Kier alpha value is -3.67. The molecule has 2 aromatic carbocycles. The van der Waals surface area contributed by atoms with Gasteiger partial charge in [0.25, 0.3) is 5.91 Å². The van der Waals surface area contributed by atoms with Gasteiger partial charge in [-0.25, -0.2) is 0 Å². The third-order valence-electron chi connectivity index (χ3n) is 4.22. The minimum atomic E-state index is -0.214. The summed E-state index contributed by atoms with van der Waals surface area (Å²) in [6.07, 6.45) is 3.58. The molecule has 0 aliphatic carbocycles. The van der Waals surface area contributed by atoms with Gasteiger partial charge in [0.05, 0.1) is 11.9 Å². The summed E-state index contributed by atoms with van der Waals surface area (Å²) in [6, 6.07) is 16.1. The molecule has 4 rings (SSSR count). The fourth-order valence-corrected chi connectivity index (χ4v) is 2.97. The van der Waals surface area contributed by atoms with Crippen LogP contribution in [0.3, 0.4) is 0 Å². The molecule has 2 heterocycles. The van der Waals surface area contributed by atoms with E-state index in [0.717, 1.165) is 16.5 Å². The van der Waals surface area contributed by atoms with Crippen LogP contribution in [0.1, 0.15) is 10.4 Å². The van der Waals surface area contributed by atoms with Crippen molar-refractivity contribution in [2.75, 3.05) is 5.73 Å². The molecule has 0 atom stereocenters. The summed E-state index contributed by atoms with van der Waals surface area (Å²) in [5.74, 6) is 0.219. The van der Waals surface area contributed by atoms with Crippen LogP contribution in [0.2, 0.25) is 0 Å². The highest BCUT2D eigenvalue weighted by Crippen LogP contribution is 2.27. The van der Waals surface area contributed by atoms with E-state index < -0.39 is 0 Å². The number of hydrogen-bond donors (Lipinski definition) is 2. The Morgan fingerprint density at radius 3 is 2.62 bits per heavy atom. The van der Waals surface area contributed by atoms with Gasteiger partial charge in [-0.05, 0) is 53.1 Å². The topological polar surface area (TPSA) is 94.0 Å². The second kappa shape index (κ2) is 6.33. The summed E-state index contributed by atoms with van der Waals surface area (Å²) < 4.78 is 1.32. The molecule has 26 heavy (non-hydrogen) atoms. The summed E-state index contributed by atoms with van der Waals surface area (Å²) in [5, 5.41) is 14.5. The molecular formula is C20H16N4O2. The first-order valence-corrected chi connectivity index (χ1v) is 8.11. The van der Waals surface area contributed by atoms with E-state index in [1.54, 1.807) is 36.7 Å². The summed E-state index contributed by atoms with van der Waals surface area (Å²) in [7, 11) is 0. The Bertz CT molecular complexity index is 1100. The maximum Gasteiger partial charge on any atom is 0.251 e. The first-order chi connectivity index (χ1) is 12.6. The fraction of sp³-hybridized carbons (Fsp3) is 0.0500. The van der Waals surface area contributed by atoms with Gasteiger partial charge < -0.3 is 10.8 Å². The van der Waals surface area contributed by atoms with Crippen molar-refractivity contribution in [1.29, 1.82) is 0 Å². The van der Waals surface area contributed by atoms with Gasteiger partial charge in [0.1, 0.15) is 5.75 Å². The van der Waals surface area contributed by atoms with Crippen molar-refractivity contribution in [3.63, 3.8) is 0 Å². The van der Waals surface area contributed by atoms with E-state index >= 15 is 0 Å². The zero-order valence-corrected chi connectivity index (χ0v) is 13.8. The number of pyridine rings is 1. The molecule has 3 N–H and O–H groups in total. The smallest absolute Gasteiger partial charge is 0.251 e. The van der Waals surface area contributed by atoms with Crippen LogP contribution in [0.25, 0.3) is 22.0 Å². The number of hydrogen-bond acceptors (Lipinski definition) is 5. The lowest BCUT2D eigenvalue weighted by Crippen LogP contribution is -2.15. The van der Waals surface area contributed by atoms with Crippen LogP contribution in [0.5, 0.6) is 5.75 Å². The van der Waals surface area contributed by atoms with Crippen LogP contribution < -0.4 is 5.73 Å². The van der Waals surface area contributed by atoms with Crippen molar-refractivity contribution in [2.45, 2.75) is 6.42 Å². The highest BCUT2D eigenvalue weighted by molar-refractivity contribution is 5.99. The Morgan fingerprint density at radius 2 is 1.85 bits per heavy atom. The van der Waals surface area contributed by atoms with E-state index in [0.29, 0.717) is 16.9 Å². The number of phenols is 1. The molecule has 4 aromatic rings. The van der Waals surface area contributed by atoms with Gasteiger partial charge in [-0.2, -0.15) is 4.68 Å². The number of phenolic OH excluding ortho intramolecular Hbond substituents is 1. The molecule has 0 spiro atoms. The number of carbonyl (C=O) groups excluding carboxylic acids is 1. The van der Waals surface area contributed by atoms with E-state index in [1.165, 1.54) is 4.68 Å². The molecule has 0 radical (unpaired) electrons. The lowest BCUT2D eigenvalue weighted by atomic mass is 10.1. The molecule has 6 heteroatoms. The fourth-order valence-electron chi connectivity index (χ4n) is 2.97. The number of aromatic nitrogens is 3. The Kier molecular flexibility index (Phi) is 3.85. The van der Waals surface area contributed by atoms with Crippen molar-refractivity contribution in [2.24, 2.45) is 0 Å². The summed E-state index contributed by atoms with van der Waals surface area (Å²) >= 11 is 0. The van der Waals surface area contributed by atoms with E-state index in [-0.39, 0.29) is 18.1 Å². The lowest BCUT2D eigenvalue weighted by Gasteiger charge is -2.05. The van der Waals surface area contributed by atoms with Gasteiger partial charge in [-0.1, -0.05) is 18.2 Å². The predicted molar refractivity (Wildman–Crippen MR) is 99.8 cm³/mol. The van der Waals surface area contributed by atoms with Crippen LogP contribution >= 0.6 is 0 Å². The van der Waals surface area contributed by atoms with Gasteiger partial charge in [0.2, 0.25) is 0 Å². The zero-order chi connectivity index (χ0) is 18.1. The minimum absolute atomic E-state index is 0.122. The molecule has 2 aromatic heterocycles. The average molecular weight is 344 g/mol. The van der Waals surface area contributed by atoms with Gasteiger partial charge in [-0.3, -0.25) is 9.78 Å². The monoisotopic (exact) mass is 344 g/mol. The van der Waals surface area contributed by atoms with E-state index in [9.17, 15) is 9.90 Å².